The standard InChI is InChI=1S/C21H22N2O3S/c1-14(2)12-23-20(25)17-6-4-5-7-18(17)22-21(23)27-13-19(24)15-8-10-16(26-3)11-9-15/h4-11,14H,12-13H2,1-3H3. The first-order valence-electron chi connectivity index (χ1n) is 8.79. The topological polar surface area (TPSA) is 61.2 Å². The Hall–Kier alpha value is -2.60. The van der Waals surface area contributed by atoms with Crippen molar-refractivity contribution < 1.29 is 9.53 Å². The summed E-state index contributed by atoms with van der Waals surface area (Å²) in [6.07, 6.45) is 0. The van der Waals surface area contributed by atoms with Crippen molar-refractivity contribution in [3.05, 3.63) is 64.4 Å². The number of nitrogens with zero attached hydrogens (tertiary/aromatic N) is 2. The fourth-order valence-corrected chi connectivity index (χ4v) is 3.68. The third-order valence-electron chi connectivity index (χ3n) is 4.12. The molecule has 3 rings (SSSR count). The van der Waals surface area contributed by atoms with E-state index in [1.54, 1.807) is 42.0 Å². The maximum Gasteiger partial charge on any atom is 0.262 e. The molecule has 0 unspecified atom stereocenters. The average molecular weight is 382 g/mol. The number of benzene rings is 2. The molecule has 0 aliphatic heterocycles. The van der Waals surface area contributed by atoms with E-state index in [4.69, 9.17) is 4.74 Å². The summed E-state index contributed by atoms with van der Waals surface area (Å²) >= 11 is 1.30. The van der Waals surface area contributed by atoms with Gasteiger partial charge in [-0.3, -0.25) is 14.2 Å². The van der Waals surface area contributed by atoms with Gasteiger partial charge in [-0.05, 0) is 42.3 Å². The second-order valence-electron chi connectivity index (χ2n) is 6.66. The molecule has 0 bridgehead atoms. The molecular weight excluding hydrogens is 360 g/mol. The van der Waals surface area contributed by atoms with E-state index < -0.39 is 0 Å². The monoisotopic (exact) mass is 382 g/mol. The number of thioether (sulfide) groups is 1. The van der Waals surface area contributed by atoms with E-state index in [1.807, 2.05) is 18.2 Å². The highest BCUT2D eigenvalue weighted by Crippen LogP contribution is 2.21. The van der Waals surface area contributed by atoms with Crippen LogP contribution < -0.4 is 10.3 Å². The van der Waals surface area contributed by atoms with Crippen molar-refractivity contribution in [3.8, 4) is 5.75 Å². The smallest absolute Gasteiger partial charge is 0.262 e. The molecule has 2 aromatic carbocycles. The highest BCUT2D eigenvalue weighted by atomic mass is 32.2. The number of hydrogen-bond acceptors (Lipinski definition) is 5. The van der Waals surface area contributed by atoms with Gasteiger partial charge in [0.05, 0.1) is 23.8 Å². The van der Waals surface area contributed by atoms with Crippen molar-refractivity contribution in [3.63, 3.8) is 0 Å². The van der Waals surface area contributed by atoms with Crippen LogP contribution in [0.25, 0.3) is 10.9 Å². The summed E-state index contributed by atoms with van der Waals surface area (Å²) < 4.78 is 6.80. The third-order valence-corrected chi connectivity index (χ3v) is 5.10. The zero-order chi connectivity index (χ0) is 19.4. The van der Waals surface area contributed by atoms with Crippen molar-refractivity contribution in [2.75, 3.05) is 12.9 Å². The molecule has 0 fully saturated rings. The van der Waals surface area contributed by atoms with Gasteiger partial charge in [-0.25, -0.2) is 4.98 Å². The van der Waals surface area contributed by atoms with Crippen LogP contribution >= 0.6 is 11.8 Å². The Labute approximate surface area is 162 Å². The zero-order valence-corrected chi connectivity index (χ0v) is 16.5. The third kappa shape index (κ3) is 4.39. The van der Waals surface area contributed by atoms with Crippen molar-refractivity contribution in [2.24, 2.45) is 5.92 Å². The first kappa shape index (κ1) is 19.2. The Morgan fingerprint density at radius 2 is 1.85 bits per heavy atom. The van der Waals surface area contributed by atoms with Crippen LogP contribution in [0.3, 0.4) is 0 Å². The van der Waals surface area contributed by atoms with E-state index in [-0.39, 0.29) is 17.1 Å². The molecule has 0 amide bonds. The van der Waals surface area contributed by atoms with E-state index in [2.05, 4.69) is 18.8 Å². The lowest BCUT2D eigenvalue weighted by atomic mass is 10.1. The normalized spacial score (nSPS) is 11.1. The number of carbonyl (C=O) groups is 1. The number of carbonyl (C=O) groups excluding carboxylic acids is 1. The van der Waals surface area contributed by atoms with Crippen molar-refractivity contribution >= 4 is 28.4 Å². The van der Waals surface area contributed by atoms with Gasteiger partial charge in [0.1, 0.15) is 5.75 Å². The number of ether oxygens (including phenoxy) is 1. The Kier molecular flexibility index (Phi) is 5.96. The molecule has 0 saturated carbocycles. The maximum absolute atomic E-state index is 12.9. The number of hydrogen-bond donors (Lipinski definition) is 0. The molecule has 6 heteroatoms. The Morgan fingerprint density at radius 1 is 1.15 bits per heavy atom. The molecule has 0 saturated heterocycles. The fourth-order valence-electron chi connectivity index (χ4n) is 2.77. The average Bonchev–Trinajstić information content (AvgIpc) is 2.68. The lowest BCUT2D eigenvalue weighted by Crippen LogP contribution is -2.25. The Balaban J connectivity index is 1.88. The van der Waals surface area contributed by atoms with Gasteiger partial charge in [0.15, 0.2) is 10.9 Å². The van der Waals surface area contributed by atoms with E-state index in [1.165, 1.54) is 11.8 Å². The van der Waals surface area contributed by atoms with Crippen LogP contribution in [0.2, 0.25) is 0 Å². The van der Waals surface area contributed by atoms with Crippen LogP contribution in [0.4, 0.5) is 0 Å². The van der Waals surface area contributed by atoms with Gasteiger partial charge in [0.25, 0.3) is 5.56 Å². The highest BCUT2D eigenvalue weighted by molar-refractivity contribution is 7.99. The van der Waals surface area contributed by atoms with Crippen molar-refractivity contribution in [2.45, 2.75) is 25.5 Å². The van der Waals surface area contributed by atoms with Gasteiger partial charge < -0.3 is 4.74 Å². The van der Waals surface area contributed by atoms with Crippen molar-refractivity contribution in [1.82, 2.24) is 9.55 Å². The van der Waals surface area contributed by atoms with Gasteiger partial charge in [-0.15, -0.1) is 0 Å². The van der Waals surface area contributed by atoms with Crippen molar-refractivity contribution in [1.29, 1.82) is 0 Å². The number of methoxy groups -OCH3 is 1. The minimum absolute atomic E-state index is 0.0128. The van der Waals surface area contributed by atoms with Gasteiger partial charge in [0.2, 0.25) is 0 Å². The minimum atomic E-state index is -0.0614. The first-order chi connectivity index (χ1) is 13.0. The molecule has 0 aliphatic carbocycles. The van der Waals surface area contributed by atoms with Gasteiger partial charge in [0, 0.05) is 12.1 Å². The summed E-state index contributed by atoms with van der Waals surface area (Å²) in [5.41, 5.74) is 1.21. The molecule has 5 nitrogen and oxygen atoms in total. The van der Waals surface area contributed by atoms with E-state index in [0.29, 0.717) is 39.8 Å². The number of ketones is 1. The quantitative estimate of drug-likeness (QED) is 0.351. The molecule has 3 aromatic rings. The molecule has 0 aliphatic rings. The highest BCUT2D eigenvalue weighted by Gasteiger charge is 2.15. The van der Waals surface area contributed by atoms with Crippen LogP contribution in [-0.2, 0) is 6.54 Å². The number of Topliss-reactive ketones (excluding diaryl/α,β-unsaturated/α-hetero) is 1. The predicted molar refractivity (Wildman–Crippen MR) is 109 cm³/mol. The molecule has 0 atom stereocenters. The molecule has 0 N–H and O–H groups in total. The van der Waals surface area contributed by atoms with Crippen LogP contribution in [0.5, 0.6) is 5.75 Å². The van der Waals surface area contributed by atoms with Crippen LogP contribution in [0, 0.1) is 5.92 Å². The first-order valence-corrected chi connectivity index (χ1v) is 9.77. The molecular formula is C21H22N2O3S. The SMILES string of the molecule is COc1ccc(C(=O)CSc2nc3ccccc3c(=O)n2CC(C)C)cc1. The van der Waals surface area contributed by atoms with Gasteiger partial charge in [-0.1, -0.05) is 37.7 Å². The molecule has 27 heavy (non-hydrogen) atoms. The minimum Gasteiger partial charge on any atom is -0.497 e. The van der Waals surface area contributed by atoms with Crippen LogP contribution in [-0.4, -0.2) is 28.2 Å². The van der Waals surface area contributed by atoms with E-state index in [9.17, 15) is 9.59 Å². The fraction of sp³-hybridized carbons (Fsp3) is 0.286. The second-order valence-corrected chi connectivity index (χ2v) is 7.60. The number of rotatable bonds is 7. The molecule has 140 valence electrons. The summed E-state index contributed by atoms with van der Waals surface area (Å²) in [5, 5.41) is 1.18. The maximum atomic E-state index is 12.9. The summed E-state index contributed by atoms with van der Waals surface area (Å²) in [4.78, 5) is 30.0. The lowest BCUT2D eigenvalue weighted by molar-refractivity contribution is 0.102. The van der Waals surface area contributed by atoms with E-state index in [0.717, 1.165) is 0 Å². The molecule has 0 radical (unpaired) electrons. The molecule has 1 heterocycles. The van der Waals surface area contributed by atoms with Gasteiger partial charge in [-0.2, -0.15) is 0 Å². The largest absolute Gasteiger partial charge is 0.497 e. The number of aromatic nitrogens is 2. The van der Waals surface area contributed by atoms with Crippen LogP contribution in [0.15, 0.2) is 58.5 Å². The lowest BCUT2D eigenvalue weighted by Gasteiger charge is -2.14. The summed E-state index contributed by atoms with van der Waals surface area (Å²) in [6, 6.07) is 14.3. The summed E-state index contributed by atoms with van der Waals surface area (Å²) in [6.45, 7) is 4.67. The summed E-state index contributed by atoms with van der Waals surface area (Å²) in [7, 11) is 1.59. The number of fused-ring (bicyclic) bond motifs is 1. The van der Waals surface area contributed by atoms with Gasteiger partial charge >= 0.3 is 0 Å². The number of para-hydroxylation sites is 1. The predicted octanol–water partition coefficient (Wildman–Crippen LogP) is 4.04. The second kappa shape index (κ2) is 8.39. The molecule has 1 aromatic heterocycles. The Morgan fingerprint density at radius 3 is 2.52 bits per heavy atom. The zero-order valence-electron chi connectivity index (χ0n) is 15.6. The molecule has 0 spiro atoms. The van der Waals surface area contributed by atoms with E-state index >= 15 is 0 Å². The van der Waals surface area contributed by atoms with Crippen LogP contribution in [0.1, 0.15) is 24.2 Å². The Bertz CT molecular complexity index is 1010. The summed E-state index contributed by atoms with van der Waals surface area (Å²) in [5.74, 6) is 1.21.